The molecule has 162 valence electrons. The molecule has 1 fully saturated rings. The van der Waals surface area contributed by atoms with E-state index < -0.39 is 0 Å². The van der Waals surface area contributed by atoms with Crippen LogP contribution in [0.25, 0.3) is 21.9 Å². The summed E-state index contributed by atoms with van der Waals surface area (Å²) in [5.41, 5.74) is 5.56. The van der Waals surface area contributed by atoms with Crippen LogP contribution in [0, 0.1) is 11.8 Å². The molecule has 0 heteroatoms. The number of hydrogen-bond acceptors (Lipinski definition) is 0. The molecule has 0 spiro atoms. The second-order valence-corrected chi connectivity index (χ2v) is 9.53. The van der Waals surface area contributed by atoms with Crippen molar-refractivity contribution >= 4 is 10.8 Å². The van der Waals surface area contributed by atoms with Gasteiger partial charge in [0, 0.05) is 0 Å². The van der Waals surface area contributed by atoms with Crippen LogP contribution in [0.15, 0.2) is 72.8 Å². The van der Waals surface area contributed by atoms with Gasteiger partial charge in [0.25, 0.3) is 0 Å². The van der Waals surface area contributed by atoms with Gasteiger partial charge in [-0.25, -0.2) is 0 Å². The maximum Gasteiger partial charge on any atom is -0.0178 e. The van der Waals surface area contributed by atoms with E-state index in [0.717, 1.165) is 24.7 Å². The molecule has 31 heavy (non-hydrogen) atoms. The molecule has 0 saturated heterocycles. The highest BCUT2D eigenvalue weighted by Crippen LogP contribution is 2.33. The first-order valence-corrected chi connectivity index (χ1v) is 12.5. The van der Waals surface area contributed by atoms with Gasteiger partial charge < -0.3 is 0 Å². The fourth-order valence-corrected chi connectivity index (χ4v) is 5.21. The SMILES string of the molecule is C/C=C/CCc1ccc2cc(-c3ccc(CCC4CCC(CC)CC4)cc3)ccc2c1. The van der Waals surface area contributed by atoms with Crippen LogP contribution < -0.4 is 0 Å². The Kier molecular flexibility index (Phi) is 7.62. The Balaban J connectivity index is 1.37. The highest BCUT2D eigenvalue weighted by Gasteiger charge is 2.19. The van der Waals surface area contributed by atoms with Crippen LogP contribution in [0.4, 0.5) is 0 Å². The van der Waals surface area contributed by atoms with E-state index >= 15 is 0 Å². The van der Waals surface area contributed by atoms with Gasteiger partial charge in [-0.15, -0.1) is 0 Å². The lowest BCUT2D eigenvalue weighted by Crippen LogP contribution is -2.14. The normalized spacial score (nSPS) is 19.3. The summed E-state index contributed by atoms with van der Waals surface area (Å²) >= 11 is 0. The average Bonchev–Trinajstić information content (AvgIpc) is 2.83. The second kappa shape index (κ2) is 10.8. The molecule has 1 aliphatic rings. The van der Waals surface area contributed by atoms with E-state index in [2.05, 4.69) is 86.7 Å². The van der Waals surface area contributed by atoms with Crippen molar-refractivity contribution in [3.63, 3.8) is 0 Å². The molecule has 0 bridgehead atoms. The Morgan fingerprint density at radius 3 is 2.10 bits per heavy atom. The predicted molar refractivity (Wildman–Crippen MR) is 137 cm³/mol. The molecular weight excluding hydrogens is 372 g/mol. The van der Waals surface area contributed by atoms with Crippen molar-refractivity contribution in [2.45, 2.75) is 71.6 Å². The first-order valence-electron chi connectivity index (χ1n) is 12.5. The zero-order valence-corrected chi connectivity index (χ0v) is 19.4. The summed E-state index contributed by atoms with van der Waals surface area (Å²) < 4.78 is 0. The van der Waals surface area contributed by atoms with Crippen molar-refractivity contribution in [3.8, 4) is 11.1 Å². The van der Waals surface area contributed by atoms with E-state index in [-0.39, 0.29) is 0 Å². The van der Waals surface area contributed by atoms with Gasteiger partial charge in [-0.3, -0.25) is 0 Å². The van der Waals surface area contributed by atoms with Crippen molar-refractivity contribution < 1.29 is 0 Å². The van der Waals surface area contributed by atoms with Gasteiger partial charge in [0.2, 0.25) is 0 Å². The van der Waals surface area contributed by atoms with Crippen molar-refractivity contribution in [2.75, 3.05) is 0 Å². The van der Waals surface area contributed by atoms with E-state index in [1.807, 2.05) is 0 Å². The minimum absolute atomic E-state index is 0.950. The zero-order chi connectivity index (χ0) is 21.5. The van der Waals surface area contributed by atoms with Crippen LogP contribution in [0.2, 0.25) is 0 Å². The number of allylic oxidation sites excluding steroid dienone is 2. The maximum absolute atomic E-state index is 2.35. The molecule has 1 saturated carbocycles. The standard InChI is InChI=1S/C31H38/c1-3-5-6-7-27-16-19-31-23-30(21-20-29(31)22-27)28-17-14-26(15-18-28)13-12-25-10-8-24(4-2)9-11-25/h3,5,14-25H,4,6-13H2,1-2H3/b5-3+. The molecule has 0 atom stereocenters. The largest absolute Gasteiger partial charge is 0.0917 e. The third-order valence-corrected chi connectivity index (χ3v) is 7.41. The fourth-order valence-electron chi connectivity index (χ4n) is 5.21. The van der Waals surface area contributed by atoms with E-state index in [1.165, 1.54) is 78.0 Å². The van der Waals surface area contributed by atoms with Crippen LogP contribution in [0.5, 0.6) is 0 Å². The lowest BCUT2D eigenvalue weighted by molar-refractivity contribution is 0.259. The van der Waals surface area contributed by atoms with Crippen molar-refractivity contribution in [2.24, 2.45) is 11.8 Å². The summed E-state index contributed by atoms with van der Waals surface area (Å²) in [5, 5.41) is 2.68. The Bertz CT molecular complexity index is 984. The van der Waals surface area contributed by atoms with Crippen LogP contribution in [-0.2, 0) is 12.8 Å². The molecule has 0 radical (unpaired) electrons. The van der Waals surface area contributed by atoms with Crippen molar-refractivity contribution in [1.29, 1.82) is 0 Å². The predicted octanol–water partition coefficient (Wildman–Crippen LogP) is 9.16. The van der Waals surface area contributed by atoms with Gasteiger partial charge in [0.05, 0.1) is 0 Å². The summed E-state index contributed by atoms with van der Waals surface area (Å²) in [4.78, 5) is 0. The quantitative estimate of drug-likeness (QED) is 0.325. The van der Waals surface area contributed by atoms with Crippen LogP contribution >= 0.6 is 0 Å². The number of fused-ring (bicyclic) bond motifs is 1. The Hall–Kier alpha value is -2.34. The Morgan fingerprint density at radius 2 is 1.35 bits per heavy atom. The first kappa shape index (κ1) is 21.9. The monoisotopic (exact) mass is 410 g/mol. The van der Waals surface area contributed by atoms with Crippen LogP contribution in [0.1, 0.15) is 69.9 Å². The minimum atomic E-state index is 0.950. The third kappa shape index (κ3) is 5.88. The van der Waals surface area contributed by atoms with E-state index in [0.29, 0.717) is 0 Å². The Morgan fingerprint density at radius 1 is 0.710 bits per heavy atom. The third-order valence-electron chi connectivity index (χ3n) is 7.41. The summed E-state index contributed by atoms with van der Waals surface area (Å²) in [5.74, 6) is 1.95. The topological polar surface area (TPSA) is 0 Å². The van der Waals surface area contributed by atoms with E-state index in [9.17, 15) is 0 Å². The molecule has 1 aliphatic carbocycles. The van der Waals surface area contributed by atoms with Gasteiger partial charge in [-0.1, -0.05) is 106 Å². The smallest absolute Gasteiger partial charge is 0.0178 e. The van der Waals surface area contributed by atoms with Crippen molar-refractivity contribution in [1.82, 2.24) is 0 Å². The number of rotatable bonds is 8. The molecule has 3 aromatic rings. The highest BCUT2D eigenvalue weighted by molar-refractivity contribution is 5.87. The molecule has 3 aromatic carbocycles. The highest BCUT2D eigenvalue weighted by atomic mass is 14.2. The van der Waals surface area contributed by atoms with E-state index in [4.69, 9.17) is 0 Å². The number of hydrogen-bond donors (Lipinski definition) is 0. The molecule has 0 unspecified atom stereocenters. The molecule has 0 aliphatic heterocycles. The molecule has 4 rings (SSSR count). The molecule has 0 aromatic heterocycles. The summed E-state index contributed by atoms with van der Waals surface area (Å²) in [6.07, 6.45) is 16.4. The fraction of sp³-hybridized carbons (Fsp3) is 0.419. The van der Waals surface area contributed by atoms with Crippen molar-refractivity contribution in [3.05, 3.63) is 83.9 Å². The van der Waals surface area contributed by atoms with Gasteiger partial charge in [-0.2, -0.15) is 0 Å². The minimum Gasteiger partial charge on any atom is -0.0917 e. The summed E-state index contributed by atoms with van der Waals surface area (Å²) in [6.45, 7) is 4.44. The maximum atomic E-state index is 2.35. The average molecular weight is 411 g/mol. The van der Waals surface area contributed by atoms with E-state index in [1.54, 1.807) is 0 Å². The van der Waals surface area contributed by atoms with Gasteiger partial charge in [0.1, 0.15) is 0 Å². The van der Waals surface area contributed by atoms with Crippen LogP contribution in [0.3, 0.4) is 0 Å². The molecule has 0 amide bonds. The second-order valence-electron chi connectivity index (χ2n) is 9.53. The number of aryl methyl sites for hydroxylation is 2. The summed E-state index contributed by atoms with van der Waals surface area (Å²) in [7, 11) is 0. The molecule has 0 nitrogen and oxygen atoms in total. The summed E-state index contributed by atoms with van der Waals surface area (Å²) in [6, 6.07) is 23.1. The zero-order valence-electron chi connectivity index (χ0n) is 19.4. The van der Waals surface area contributed by atoms with Gasteiger partial charge >= 0.3 is 0 Å². The van der Waals surface area contributed by atoms with Crippen LogP contribution in [-0.4, -0.2) is 0 Å². The number of benzene rings is 3. The lowest BCUT2D eigenvalue weighted by Gasteiger charge is -2.27. The van der Waals surface area contributed by atoms with Gasteiger partial charge in [0.15, 0.2) is 0 Å². The lowest BCUT2D eigenvalue weighted by atomic mass is 9.78. The molecular formula is C31H38. The Labute approximate surface area is 189 Å². The first-order chi connectivity index (χ1) is 15.2. The molecule has 0 N–H and O–H groups in total. The van der Waals surface area contributed by atoms with Gasteiger partial charge in [-0.05, 0) is 83.5 Å². The molecule has 0 heterocycles.